The van der Waals surface area contributed by atoms with Crippen LogP contribution in [0.15, 0.2) is 23.6 Å². The van der Waals surface area contributed by atoms with Gasteiger partial charge in [0.2, 0.25) is 0 Å². The standard InChI is InChI=1S/C11H16N6O2S/c1-8-10(6-12-2)11(17-16-8)20(18,19)15-5-9-3-4-13-7-14-9/h3-4,7,12,15H,5-6H2,1-2H3,(H,16,17). The fourth-order valence-electron chi connectivity index (χ4n) is 1.70. The van der Waals surface area contributed by atoms with Crippen molar-refractivity contribution in [1.82, 2.24) is 30.2 Å². The van der Waals surface area contributed by atoms with Crippen LogP contribution in [0.1, 0.15) is 17.0 Å². The lowest BCUT2D eigenvalue weighted by Gasteiger charge is -2.06. The van der Waals surface area contributed by atoms with Crippen LogP contribution in [-0.2, 0) is 23.1 Å². The summed E-state index contributed by atoms with van der Waals surface area (Å²) in [7, 11) is -1.94. The number of hydrogen-bond acceptors (Lipinski definition) is 6. The zero-order chi connectivity index (χ0) is 14.6. The maximum atomic E-state index is 12.2. The van der Waals surface area contributed by atoms with Crippen molar-refractivity contribution in [3.63, 3.8) is 0 Å². The van der Waals surface area contributed by atoms with Gasteiger partial charge in [-0.25, -0.2) is 23.1 Å². The maximum absolute atomic E-state index is 12.2. The molecule has 0 aromatic carbocycles. The first-order valence-electron chi connectivity index (χ1n) is 5.97. The third kappa shape index (κ3) is 3.18. The van der Waals surface area contributed by atoms with Crippen molar-refractivity contribution in [1.29, 1.82) is 0 Å². The molecule has 9 heteroatoms. The summed E-state index contributed by atoms with van der Waals surface area (Å²) >= 11 is 0. The maximum Gasteiger partial charge on any atom is 0.260 e. The van der Waals surface area contributed by atoms with Crippen LogP contribution in [0.5, 0.6) is 0 Å². The topological polar surface area (TPSA) is 113 Å². The molecule has 0 atom stereocenters. The van der Waals surface area contributed by atoms with Gasteiger partial charge in [0.05, 0.1) is 12.2 Å². The molecule has 0 saturated carbocycles. The van der Waals surface area contributed by atoms with E-state index < -0.39 is 10.0 Å². The normalized spacial score (nSPS) is 11.7. The van der Waals surface area contributed by atoms with Crippen molar-refractivity contribution < 1.29 is 8.42 Å². The van der Waals surface area contributed by atoms with Crippen LogP contribution in [0, 0.1) is 6.92 Å². The molecule has 0 spiro atoms. The predicted octanol–water partition coefficient (Wildman–Crippen LogP) is -0.294. The molecule has 0 fully saturated rings. The monoisotopic (exact) mass is 296 g/mol. The van der Waals surface area contributed by atoms with Gasteiger partial charge in [0.15, 0.2) is 5.03 Å². The SMILES string of the molecule is CNCc1c(S(=O)(=O)NCc2ccncn2)n[nH]c1C. The summed E-state index contributed by atoms with van der Waals surface area (Å²) < 4.78 is 27.0. The Labute approximate surface area is 117 Å². The van der Waals surface area contributed by atoms with Gasteiger partial charge in [-0.15, -0.1) is 0 Å². The van der Waals surface area contributed by atoms with Crippen LogP contribution in [0.2, 0.25) is 0 Å². The van der Waals surface area contributed by atoms with Gasteiger partial charge in [0, 0.05) is 24.0 Å². The number of sulfonamides is 1. The summed E-state index contributed by atoms with van der Waals surface area (Å²) in [5.41, 5.74) is 1.94. The quantitative estimate of drug-likeness (QED) is 0.675. The first-order chi connectivity index (χ1) is 9.54. The minimum Gasteiger partial charge on any atom is -0.316 e. The van der Waals surface area contributed by atoms with E-state index in [0.717, 1.165) is 5.69 Å². The smallest absolute Gasteiger partial charge is 0.260 e. The van der Waals surface area contributed by atoms with E-state index in [4.69, 9.17) is 0 Å². The number of nitrogens with zero attached hydrogens (tertiary/aromatic N) is 3. The molecule has 0 saturated heterocycles. The highest BCUT2D eigenvalue weighted by atomic mass is 32.2. The van der Waals surface area contributed by atoms with E-state index in [0.29, 0.717) is 17.8 Å². The first kappa shape index (κ1) is 14.6. The zero-order valence-corrected chi connectivity index (χ0v) is 12.0. The molecular weight excluding hydrogens is 280 g/mol. The molecule has 2 aromatic heterocycles. The van der Waals surface area contributed by atoms with Crippen molar-refractivity contribution in [2.24, 2.45) is 0 Å². The fraction of sp³-hybridized carbons (Fsp3) is 0.364. The summed E-state index contributed by atoms with van der Waals surface area (Å²) in [5.74, 6) is 0. The molecule has 3 N–H and O–H groups in total. The van der Waals surface area contributed by atoms with Gasteiger partial charge >= 0.3 is 0 Å². The van der Waals surface area contributed by atoms with Gasteiger partial charge in [0.1, 0.15) is 6.33 Å². The Kier molecular flexibility index (Phi) is 4.42. The lowest BCUT2D eigenvalue weighted by molar-refractivity contribution is 0.574. The second kappa shape index (κ2) is 6.07. The van der Waals surface area contributed by atoms with Crippen molar-refractivity contribution >= 4 is 10.0 Å². The number of aromatic amines is 1. The Hall–Kier alpha value is -1.84. The summed E-state index contributed by atoms with van der Waals surface area (Å²) in [6, 6.07) is 1.65. The van der Waals surface area contributed by atoms with Gasteiger partial charge in [-0.05, 0) is 20.0 Å². The van der Waals surface area contributed by atoms with Crippen LogP contribution in [0.25, 0.3) is 0 Å². The highest BCUT2D eigenvalue weighted by Crippen LogP contribution is 2.15. The summed E-state index contributed by atoms with van der Waals surface area (Å²) in [5, 5.41) is 9.50. The number of H-pyrrole nitrogens is 1. The third-order valence-electron chi connectivity index (χ3n) is 2.73. The van der Waals surface area contributed by atoms with Crippen molar-refractivity contribution in [3.05, 3.63) is 35.5 Å². The van der Waals surface area contributed by atoms with E-state index in [9.17, 15) is 8.42 Å². The molecule has 0 amide bonds. The Morgan fingerprint density at radius 3 is 2.80 bits per heavy atom. The minimum absolute atomic E-state index is 0.0124. The molecule has 20 heavy (non-hydrogen) atoms. The Balaban J connectivity index is 2.18. The van der Waals surface area contributed by atoms with E-state index in [1.54, 1.807) is 26.2 Å². The summed E-state index contributed by atoms with van der Waals surface area (Å²) in [4.78, 5) is 7.74. The molecule has 2 rings (SSSR count). The first-order valence-corrected chi connectivity index (χ1v) is 7.46. The number of rotatable bonds is 6. The molecule has 108 valence electrons. The Morgan fingerprint density at radius 1 is 1.35 bits per heavy atom. The van der Waals surface area contributed by atoms with Crippen LogP contribution in [0.3, 0.4) is 0 Å². The summed E-state index contributed by atoms with van der Waals surface area (Å²) in [6.45, 7) is 2.30. The molecule has 0 aliphatic heterocycles. The average molecular weight is 296 g/mol. The van der Waals surface area contributed by atoms with E-state index in [2.05, 4.69) is 30.2 Å². The molecule has 0 bridgehead atoms. The van der Waals surface area contributed by atoms with Gasteiger partial charge in [-0.1, -0.05) is 0 Å². The van der Waals surface area contributed by atoms with Crippen molar-refractivity contribution in [2.75, 3.05) is 7.05 Å². The van der Waals surface area contributed by atoms with Gasteiger partial charge in [-0.3, -0.25) is 5.10 Å². The molecule has 8 nitrogen and oxygen atoms in total. The van der Waals surface area contributed by atoms with Crippen molar-refractivity contribution in [3.8, 4) is 0 Å². The molecule has 2 aromatic rings. The van der Waals surface area contributed by atoms with E-state index >= 15 is 0 Å². The molecular formula is C11H16N6O2S. The molecule has 0 unspecified atom stereocenters. The average Bonchev–Trinajstić information content (AvgIpc) is 2.81. The van der Waals surface area contributed by atoms with Gasteiger partial charge in [0.25, 0.3) is 10.0 Å². The fourth-order valence-corrected chi connectivity index (χ4v) is 2.89. The Bertz CT molecular complexity index is 667. The molecule has 0 aliphatic carbocycles. The molecule has 2 heterocycles. The van der Waals surface area contributed by atoms with Crippen molar-refractivity contribution in [2.45, 2.75) is 25.0 Å². The zero-order valence-electron chi connectivity index (χ0n) is 11.2. The molecule has 0 radical (unpaired) electrons. The molecule has 0 aliphatic rings. The lowest BCUT2D eigenvalue weighted by Crippen LogP contribution is -2.25. The second-order valence-electron chi connectivity index (χ2n) is 4.19. The number of aromatic nitrogens is 4. The number of hydrogen-bond donors (Lipinski definition) is 3. The van der Waals surface area contributed by atoms with Crippen LogP contribution in [-0.4, -0.2) is 35.6 Å². The second-order valence-corrected chi connectivity index (χ2v) is 5.87. The van der Waals surface area contributed by atoms with E-state index in [-0.39, 0.29) is 11.6 Å². The van der Waals surface area contributed by atoms with E-state index in [1.807, 2.05) is 0 Å². The Morgan fingerprint density at radius 2 is 2.15 bits per heavy atom. The van der Waals surface area contributed by atoms with Gasteiger partial charge in [-0.2, -0.15) is 5.10 Å². The minimum atomic E-state index is -3.68. The summed E-state index contributed by atoms with van der Waals surface area (Å²) in [6.07, 6.45) is 2.93. The number of aryl methyl sites for hydroxylation is 1. The largest absolute Gasteiger partial charge is 0.316 e. The third-order valence-corrected chi connectivity index (χ3v) is 4.10. The highest BCUT2D eigenvalue weighted by molar-refractivity contribution is 7.89. The van der Waals surface area contributed by atoms with Gasteiger partial charge < -0.3 is 5.32 Å². The van der Waals surface area contributed by atoms with E-state index in [1.165, 1.54) is 6.33 Å². The lowest BCUT2D eigenvalue weighted by atomic mass is 10.3. The van der Waals surface area contributed by atoms with Crippen LogP contribution in [0.4, 0.5) is 0 Å². The van der Waals surface area contributed by atoms with Crippen LogP contribution < -0.4 is 10.0 Å². The van der Waals surface area contributed by atoms with Crippen LogP contribution >= 0.6 is 0 Å². The predicted molar refractivity (Wildman–Crippen MR) is 72.1 cm³/mol. The highest BCUT2D eigenvalue weighted by Gasteiger charge is 2.23. The number of nitrogens with one attached hydrogen (secondary N) is 3.